The molecule has 110 valence electrons. The van der Waals surface area contributed by atoms with Crippen LogP contribution < -0.4 is 10.2 Å². The number of hydrogen-bond acceptors (Lipinski definition) is 5. The number of hydrogen-bond donors (Lipinski definition) is 1. The Kier molecular flexibility index (Phi) is 4.42. The number of pyridine rings is 1. The Morgan fingerprint density at radius 1 is 1.50 bits per heavy atom. The maximum Gasteiger partial charge on any atom is 0.311 e. The molecular formula is C14H22N4O2. The Balaban J connectivity index is 2.38. The van der Waals surface area contributed by atoms with Crippen molar-refractivity contribution in [2.75, 3.05) is 23.3 Å². The highest BCUT2D eigenvalue weighted by Gasteiger charge is 2.34. The summed E-state index contributed by atoms with van der Waals surface area (Å²) < 4.78 is 0. The minimum absolute atomic E-state index is 0.0965. The van der Waals surface area contributed by atoms with Crippen LogP contribution in [0.3, 0.4) is 0 Å². The fraction of sp³-hybridized carbons (Fsp3) is 0.643. The van der Waals surface area contributed by atoms with Crippen molar-refractivity contribution in [3.63, 3.8) is 0 Å². The van der Waals surface area contributed by atoms with Crippen LogP contribution in [0, 0.1) is 16.0 Å². The number of rotatable bonds is 7. The Morgan fingerprint density at radius 3 is 2.70 bits per heavy atom. The summed E-state index contributed by atoms with van der Waals surface area (Å²) in [5, 5.41) is 14.4. The first-order valence-corrected chi connectivity index (χ1v) is 7.18. The van der Waals surface area contributed by atoms with Gasteiger partial charge in [0.05, 0.1) is 4.92 Å². The Labute approximate surface area is 119 Å². The van der Waals surface area contributed by atoms with Crippen LogP contribution in [0.2, 0.25) is 0 Å². The molecule has 0 aromatic carbocycles. The lowest BCUT2D eigenvalue weighted by molar-refractivity contribution is -0.384. The molecule has 20 heavy (non-hydrogen) atoms. The van der Waals surface area contributed by atoms with Gasteiger partial charge in [-0.1, -0.05) is 13.8 Å². The highest BCUT2D eigenvalue weighted by molar-refractivity contribution is 5.63. The van der Waals surface area contributed by atoms with Crippen molar-refractivity contribution >= 4 is 17.3 Å². The van der Waals surface area contributed by atoms with Gasteiger partial charge in [0.25, 0.3) is 0 Å². The smallest absolute Gasteiger partial charge is 0.311 e. The molecule has 0 atom stereocenters. The monoisotopic (exact) mass is 278 g/mol. The minimum atomic E-state index is -0.340. The van der Waals surface area contributed by atoms with Gasteiger partial charge in [0.15, 0.2) is 0 Å². The molecule has 1 aliphatic rings. The molecule has 1 aromatic heterocycles. The first-order chi connectivity index (χ1) is 9.52. The zero-order valence-electron chi connectivity index (χ0n) is 12.3. The summed E-state index contributed by atoms with van der Waals surface area (Å²) in [6, 6.07) is 3.63. The van der Waals surface area contributed by atoms with Crippen LogP contribution >= 0.6 is 0 Å². The zero-order valence-corrected chi connectivity index (χ0v) is 12.3. The van der Waals surface area contributed by atoms with Crippen LogP contribution in [-0.4, -0.2) is 29.0 Å². The van der Waals surface area contributed by atoms with Gasteiger partial charge in [-0.3, -0.25) is 10.1 Å². The lowest BCUT2D eigenvalue weighted by Gasteiger charge is -2.25. The summed E-state index contributed by atoms with van der Waals surface area (Å²) in [5.41, 5.74) is 0.0965. The third kappa shape index (κ3) is 3.37. The zero-order chi connectivity index (χ0) is 14.7. The van der Waals surface area contributed by atoms with E-state index in [-0.39, 0.29) is 10.6 Å². The van der Waals surface area contributed by atoms with E-state index in [1.165, 1.54) is 0 Å². The lowest BCUT2D eigenvalue weighted by atomic mass is 10.2. The van der Waals surface area contributed by atoms with Gasteiger partial charge in [-0.15, -0.1) is 0 Å². The van der Waals surface area contributed by atoms with Gasteiger partial charge in [0, 0.05) is 25.2 Å². The Morgan fingerprint density at radius 2 is 2.20 bits per heavy atom. The molecule has 1 aromatic rings. The van der Waals surface area contributed by atoms with Gasteiger partial charge in [-0.2, -0.15) is 0 Å². The highest BCUT2D eigenvalue weighted by Crippen LogP contribution is 2.36. The second kappa shape index (κ2) is 6.07. The number of nitro groups is 1. The highest BCUT2D eigenvalue weighted by atomic mass is 16.6. The van der Waals surface area contributed by atoms with Gasteiger partial charge in [-0.05, 0) is 31.7 Å². The van der Waals surface area contributed by atoms with E-state index in [0.29, 0.717) is 23.6 Å². The van der Waals surface area contributed by atoms with Gasteiger partial charge in [0.1, 0.15) is 5.82 Å². The molecule has 0 aliphatic heterocycles. The van der Waals surface area contributed by atoms with Crippen LogP contribution in [0.15, 0.2) is 12.1 Å². The van der Waals surface area contributed by atoms with E-state index in [2.05, 4.69) is 29.0 Å². The predicted molar refractivity (Wildman–Crippen MR) is 80.3 cm³/mol. The summed E-state index contributed by atoms with van der Waals surface area (Å²) >= 11 is 0. The quantitative estimate of drug-likeness (QED) is 0.613. The molecule has 1 aliphatic carbocycles. The van der Waals surface area contributed by atoms with Crippen molar-refractivity contribution < 1.29 is 4.92 Å². The summed E-state index contributed by atoms with van der Waals surface area (Å²) in [6.07, 6.45) is 2.19. The molecule has 1 saturated carbocycles. The molecule has 0 saturated heterocycles. The summed E-state index contributed by atoms with van der Waals surface area (Å²) in [4.78, 5) is 17.5. The number of nitrogens with one attached hydrogen (secondary N) is 1. The van der Waals surface area contributed by atoms with E-state index in [9.17, 15) is 10.1 Å². The fourth-order valence-electron chi connectivity index (χ4n) is 2.26. The van der Waals surface area contributed by atoms with Crippen molar-refractivity contribution in [2.24, 2.45) is 5.92 Å². The number of anilines is 2. The van der Waals surface area contributed by atoms with E-state index >= 15 is 0 Å². The minimum Gasteiger partial charge on any atom is -0.370 e. The molecule has 2 rings (SSSR count). The fourth-order valence-corrected chi connectivity index (χ4v) is 2.26. The van der Waals surface area contributed by atoms with Crippen molar-refractivity contribution in [1.82, 2.24) is 4.98 Å². The Bertz CT molecular complexity index is 486. The average molecular weight is 278 g/mol. The van der Waals surface area contributed by atoms with Crippen LogP contribution in [0.5, 0.6) is 0 Å². The van der Waals surface area contributed by atoms with Gasteiger partial charge < -0.3 is 10.2 Å². The van der Waals surface area contributed by atoms with Crippen LogP contribution in [0.1, 0.15) is 33.6 Å². The maximum atomic E-state index is 11.2. The van der Waals surface area contributed by atoms with E-state index in [4.69, 9.17) is 0 Å². The molecule has 6 nitrogen and oxygen atoms in total. The Hall–Kier alpha value is -1.85. The van der Waals surface area contributed by atoms with E-state index in [1.54, 1.807) is 12.1 Å². The van der Waals surface area contributed by atoms with E-state index < -0.39 is 0 Å². The standard InChI is InChI=1S/C14H22N4O2/c1-4-15-13-8-7-12(18(19)20)14(16-13)17(9-10(2)3)11-5-6-11/h7-8,10-11H,4-6,9H2,1-3H3,(H,15,16). The van der Waals surface area contributed by atoms with Crippen LogP contribution in [0.25, 0.3) is 0 Å². The molecular weight excluding hydrogens is 256 g/mol. The third-order valence-corrected chi connectivity index (χ3v) is 3.23. The molecule has 0 amide bonds. The first kappa shape index (κ1) is 14.6. The molecule has 0 bridgehead atoms. The lowest BCUT2D eigenvalue weighted by Crippen LogP contribution is -2.31. The normalized spacial score (nSPS) is 14.4. The topological polar surface area (TPSA) is 71.3 Å². The van der Waals surface area contributed by atoms with Crippen molar-refractivity contribution in [2.45, 2.75) is 39.7 Å². The number of nitrogens with zero attached hydrogens (tertiary/aromatic N) is 3. The van der Waals surface area contributed by atoms with E-state index in [1.807, 2.05) is 6.92 Å². The summed E-state index contributed by atoms with van der Waals surface area (Å²) in [7, 11) is 0. The molecule has 0 unspecified atom stereocenters. The van der Waals surface area contributed by atoms with Crippen molar-refractivity contribution in [3.8, 4) is 0 Å². The van der Waals surface area contributed by atoms with Crippen LogP contribution in [0.4, 0.5) is 17.3 Å². The second-order valence-corrected chi connectivity index (χ2v) is 5.60. The second-order valence-electron chi connectivity index (χ2n) is 5.60. The van der Waals surface area contributed by atoms with Gasteiger partial charge in [0.2, 0.25) is 5.82 Å². The number of aromatic nitrogens is 1. The van der Waals surface area contributed by atoms with Gasteiger partial charge in [-0.25, -0.2) is 4.98 Å². The molecule has 1 N–H and O–H groups in total. The predicted octanol–water partition coefficient (Wildman–Crippen LogP) is 3.05. The van der Waals surface area contributed by atoms with E-state index in [0.717, 1.165) is 25.9 Å². The summed E-state index contributed by atoms with van der Waals surface area (Å²) in [5.74, 6) is 1.65. The average Bonchev–Trinajstić information content (AvgIpc) is 3.20. The van der Waals surface area contributed by atoms with Crippen molar-refractivity contribution in [3.05, 3.63) is 22.2 Å². The van der Waals surface area contributed by atoms with Crippen LogP contribution in [-0.2, 0) is 0 Å². The summed E-state index contributed by atoms with van der Waals surface area (Å²) in [6.45, 7) is 7.77. The molecule has 1 fully saturated rings. The largest absolute Gasteiger partial charge is 0.370 e. The molecule has 0 radical (unpaired) electrons. The van der Waals surface area contributed by atoms with Crippen molar-refractivity contribution in [1.29, 1.82) is 0 Å². The molecule has 6 heteroatoms. The third-order valence-electron chi connectivity index (χ3n) is 3.23. The first-order valence-electron chi connectivity index (χ1n) is 7.18. The molecule has 0 spiro atoms. The van der Waals surface area contributed by atoms with Gasteiger partial charge >= 0.3 is 5.69 Å². The maximum absolute atomic E-state index is 11.2. The molecule has 1 heterocycles. The SMILES string of the molecule is CCNc1ccc([N+](=O)[O-])c(N(CC(C)C)C2CC2)n1.